The zero-order chi connectivity index (χ0) is 17.6. The maximum Gasteiger partial charge on any atom is 0.271 e. The molecule has 1 N–H and O–H groups in total. The van der Waals surface area contributed by atoms with E-state index in [1.807, 2.05) is 66.2 Å². The van der Waals surface area contributed by atoms with E-state index in [4.69, 9.17) is 4.74 Å². The third kappa shape index (κ3) is 3.95. The van der Waals surface area contributed by atoms with Gasteiger partial charge in [-0.2, -0.15) is 5.10 Å². The number of hydrogen-bond donors (Lipinski definition) is 1. The number of nitrogens with one attached hydrogen (secondary N) is 1. The molecule has 2 aromatic carbocycles. The highest BCUT2D eigenvalue weighted by molar-refractivity contribution is 5.94. The fraction of sp³-hybridized carbons (Fsp3) is 0.100. The number of hydrazone groups is 1. The van der Waals surface area contributed by atoms with Crippen LogP contribution in [-0.2, 0) is 0 Å². The molecular formula is C20H19N3O2. The second kappa shape index (κ2) is 7.49. The minimum absolute atomic E-state index is 0.237. The lowest BCUT2D eigenvalue weighted by molar-refractivity contribution is 0.0955. The Labute approximate surface area is 146 Å². The van der Waals surface area contributed by atoms with Gasteiger partial charge in [0.1, 0.15) is 5.75 Å². The predicted octanol–water partition coefficient (Wildman–Crippen LogP) is 3.56. The molecule has 0 aliphatic rings. The number of carbonyl (C=O) groups is 1. The number of aryl methyl sites for hydroxylation is 1. The highest BCUT2D eigenvalue weighted by Gasteiger charge is 2.04. The quantitative estimate of drug-likeness (QED) is 0.573. The fourth-order valence-corrected chi connectivity index (χ4v) is 2.40. The van der Waals surface area contributed by atoms with Gasteiger partial charge in [-0.05, 0) is 55.5 Å². The molecule has 0 aliphatic carbocycles. The summed E-state index contributed by atoms with van der Waals surface area (Å²) in [5.74, 6) is 0.565. The minimum atomic E-state index is -0.237. The molecule has 3 aromatic rings. The molecule has 0 atom stereocenters. The molecule has 0 aliphatic heterocycles. The van der Waals surface area contributed by atoms with Crippen molar-refractivity contribution >= 4 is 12.1 Å². The summed E-state index contributed by atoms with van der Waals surface area (Å²) < 4.78 is 7.15. The van der Waals surface area contributed by atoms with Crippen molar-refractivity contribution in [1.82, 2.24) is 9.99 Å². The third-order valence-corrected chi connectivity index (χ3v) is 3.81. The number of amides is 1. The van der Waals surface area contributed by atoms with Gasteiger partial charge in [0.15, 0.2) is 0 Å². The number of nitrogens with zero attached hydrogens (tertiary/aromatic N) is 2. The summed E-state index contributed by atoms with van der Waals surface area (Å²) in [6.45, 7) is 1.98. The monoisotopic (exact) mass is 333 g/mol. The Kier molecular flexibility index (Phi) is 4.95. The molecule has 126 valence electrons. The van der Waals surface area contributed by atoms with Crippen LogP contribution in [0, 0.1) is 6.92 Å². The van der Waals surface area contributed by atoms with E-state index in [1.165, 1.54) is 0 Å². The Morgan fingerprint density at radius 3 is 2.48 bits per heavy atom. The first-order chi connectivity index (χ1) is 12.2. The van der Waals surface area contributed by atoms with E-state index in [1.54, 1.807) is 25.5 Å². The van der Waals surface area contributed by atoms with Crippen molar-refractivity contribution in [1.29, 1.82) is 0 Å². The van der Waals surface area contributed by atoms with Gasteiger partial charge in [0.25, 0.3) is 5.91 Å². The van der Waals surface area contributed by atoms with Crippen molar-refractivity contribution in [3.63, 3.8) is 0 Å². The molecule has 0 fully saturated rings. The van der Waals surface area contributed by atoms with E-state index in [2.05, 4.69) is 10.5 Å². The van der Waals surface area contributed by atoms with Gasteiger partial charge in [0.2, 0.25) is 0 Å². The van der Waals surface area contributed by atoms with E-state index in [-0.39, 0.29) is 5.91 Å². The predicted molar refractivity (Wildman–Crippen MR) is 98.6 cm³/mol. The molecule has 0 radical (unpaired) electrons. The molecule has 5 nitrogen and oxygen atoms in total. The second-order valence-corrected chi connectivity index (χ2v) is 5.57. The van der Waals surface area contributed by atoms with Crippen LogP contribution in [0.5, 0.6) is 5.75 Å². The zero-order valence-electron chi connectivity index (χ0n) is 14.1. The molecule has 25 heavy (non-hydrogen) atoms. The van der Waals surface area contributed by atoms with Crippen LogP contribution in [0.4, 0.5) is 0 Å². The number of carbonyl (C=O) groups excluding carboxylic acids is 1. The molecule has 3 rings (SSSR count). The summed E-state index contributed by atoms with van der Waals surface area (Å²) in [5.41, 5.74) is 6.08. The summed E-state index contributed by atoms with van der Waals surface area (Å²) in [4.78, 5) is 12.1. The van der Waals surface area contributed by atoms with Crippen molar-refractivity contribution in [3.05, 3.63) is 83.7 Å². The normalized spacial score (nSPS) is 10.8. The number of ether oxygens (including phenoxy) is 1. The number of aromatic nitrogens is 1. The molecule has 5 heteroatoms. The van der Waals surface area contributed by atoms with Crippen LogP contribution in [0.25, 0.3) is 5.69 Å². The van der Waals surface area contributed by atoms with Crippen LogP contribution in [0.2, 0.25) is 0 Å². The lowest BCUT2D eigenvalue weighted by atomic mass is 10.1. The van der Waals surface area contributed by atoms with Crippen LogP contribution in [0.15, 0.2) is 72.0 Å². The van der Waals surface area contributed by atoms with Crippen molar-refractivity contribution in [2.45, 2.75) is 6.92 Å². The standard InChI is InChI=1S/C20H19N3O2/c1-15-5-7-16(8-6-15)20(24)22-21-14-18-4-3-13-23(18)17-9-11-19(25-2)12-10-17/h3-14H,1-2H3,(H,22,24)/b21-14-. The summed E-state index contributed by atoms with van der Waals surface area (Å²) in [6.07, 6.45) is 3.56. The van der Waals surface area contributed by atoms with Gasteiger partial charge in [-0.1, -0.05) is 17.7 Å². The molecule has 0 bridgehead atoms. The number of benzene rings is 2. The lowest BCUT2D eigenvalue weighted by Gasteiger charge is -2.07. The maximum absolute atomic E-state index is 12.1. The molecule has 1 amide bonds. The van der Waals surface area contributed by atoms with Gasteiger partial charge < -0.3 is 9.30 Å². The van der Waals surface area contributed by atoms with Crippen molar-refractivity contribution in [3.8, 4) is 11.4 Å². The third-order valence-electron chi connectivity index (χ3n) is 3.81. The average Bonchev–Trinajstić information content (AvgIpc) is 3.11. The minimum Gasteiger partial charge on any atom is -0.497 e. The van der Waals surface area contributed by atoms with Crippen molar-refractivity contribution in [2.75, 3.05) is 7.11 Å². The van der Waals surface area contributed by atoms with E-state index in [0.29, 0.717) is 5.56 Å². The van der Waals surface area contributed by atoms with Crippen molar-refractivity contribution < 1.29 is 9.53 Å². The van der Waals surface area contributed by atoms with Gasteiger partial charge in [0, 0.05) is 17.4 Å². The first-order valence-corrected chi connectivity index (χ1v) is 7.89. The van der Waals surface area contributed by atoms with Gasteiger partial charge in [-0.25, -0.2) is 5.43 Å². The molecule has 0 saturated heterocycles. The lowest BCUT2D eigenvalue weighted by Crippen LogP contribution is -2.17. The summed E-state index contributed by atoms with van der Waals surface area (Å²) in [5, 5.41) is 4.06. The molecule has 1 aromatic heterocycles. The largest absolute Gasteiger partial charge is 0.497 e. The Morgan fingerprint density at radius 1 is 1.08 bits per heavy atom. The SMILES string of the molecule is COc1ccc(-n2cccc2/C=N\NC(=O)c2ccc(C)cc2)cc1. The first kappa shape index (κ1) is 16.5. The smallest absolute Gasteiger partial charge is 0.271 e. The molecule has 1 heterocycles. The molecular weight excluding hydrogens is 314 g/mol. The Hall–Kier alpha value is -3.34. The van der Waals surface area contributed by atoms with E-state index < -0.39 is 0 Å². The molecule has 0 saturated carbocycles. The second-order valence-electron chi connectivity index (χ2n) is 5.57. The van der Waals surface area contributed by atoms with Gasteiger partial charge in [-0.3, -0.25) is 4.79 Å². The van der Waals surface area contributed by atoms with Crippen LogP contribution in [0.3, 0.4) is 0 Å². The summed E-state index contributed by atoms with van der Waals surface area (Å²) >= 11 is 0. The van der Waals surface area contributed by atoms with Crippen molar-refractivity contribution in [2.24, 2.45) is 5.10 Å². The molecule has 0 spiro atoms. The Bertz CT molecular complexity index is 878. The highest BCUT2D eigenvalue weighted by Crippen LogP contribution is 2.16. The topological polar surface area (TPSA) is 55.6 Å². The van der Waals surface area contributed by atoms with Gasteiger partial charge in [0.05, 0.1) is 19.0 Å². The Balaban J connectivity index is 1.71. The van der Waals surface area contributed by atoms with Gasteiger partial charge in [-0.15, -0.1) is 0 Å². The summed E-state index contributed by atoms with van der Waals surface area (Å²) in [6, 6.07) is 18.9. The Morgan fingerprint density at radius 2 is 1.80 bits per heavy atom. The van der Waals surface area contributed by atoms with Crippen LogP contribution in [-0.4, -0.2) is 23.8 Å². The maximum atomic E-state index is 12.1. The first-order valence-electron chi connectivity index (χ1n) is 7.89. The number of rotatable bonds is 5. The van der Waals surface area contributed by atoms with Crippen LogP contribution in [0.1, 0.15) is 21.6 Å². The van der Waals surface area contributed by atoms with Gasteiger partial charge >= 0.3 is 0 Å². The van der Waals surface area contributed by atoms with E-state index in [9.17, 15) is 4.79 Å². The van der Waals surface area contributed by atoms with Crippen LogP contribution < -0.4 is 10.2 Å². The van der Waals surface area contributed by atoms with Crippen LogP contribution >= 0.6 is 0 Å². The number of methoxy groups -OCH3 is 1. The van der Waals surface area contributed by atoms with E-state index >= 15 is 0 Å². The summed E-state index contributed by atoms with van der Waals surface area (Å²) in [7, 11) is 1.64. The highest BCUT2D eigenvalue weighted by atomic mass is 16.5. The zero-order valence-corrected chi connectivity index (χ0v) is 14.1. The fourth-order valence-electron chi connectivity index (χ4n) is 2.40. The number of hydrogen-bond acceptors (Lipinski definition) is 3. The van der Waals surface area contributed by atoms with E-state index in [0.717, 1.165) is 22.7 Å². The molecule has 0 unspecified atom stereocenters. The average molecular weight is 333 g/mol.